The van der Waals surface area contributed by atoms with E-state index < -0.39 is 5.72 Å². The molecule has 1 saturated heterocycles. The number of ether oxygens (including phenoxy) is 2. The predicted molar refractivity (Wildman–Crippen MR) is 102 cm³/mol. The van der Waals surface area contributed by atoms with Crippen molar-refractivity contribution in [2.45, 2.75) is 31.4 Å². The lowest BCUT2D eigenvalue weighted by atomic mass is 9.59. The van der Waals surface area contributed by atoms with Gasteiger partial charge in [-0.25, -0.2) is 0 Å². The number of amides is 3. The predicted octanol–water partition coefficient (Wildman–Crippen LogP) is 0.908. The molecule has 2 N–H and O–H groups in total. The summed E-state index contributed by atoms with van der Waals surface area (Å²) in [6, 6.07) is 5.22. The number of methoxy groups -OCH3 is 1. The van der Waals surface area contributed by atoms with Gasteiger partial charge in [-0.2, -0.15) is 0 Å². The Labute approximate surface area is 168 Å². The Kier molecular flexibility index (Phi) is 4.18. The maximum atomic E-state index is 13.1. The summed E-state index contributed by atoms with van der Waals surface area (Å²) >= 11 is 0. The highest BCUT2D eigenvalue weighted by atomic mass is 16.5. The zero-order valence-corrected chi connectivity index (χ0v) is 16.4. The average Bonchev–Trinajstić information content (AvgIpc) is 2.73. The van der Waals surface area contributed by atoms with Crippen molar-refractivity contribution in [3.63, 3.8) is 0 Å². The Balaban J connectivity index is 1.38. The highest BCUT2D eigenvalue weighted by Crippen LogP contribution is 2.53. The molecular formula is C21H25N3O5. The zero-order chi connectivity index (χ0) is 20.2. The second-order valence-electron chi connectivity index (χ2n) is 8.50. The van der Waals surface area contributed by atoms with Gasteiger partial charge in [0.05, 0.1) is 19.2 Å². The van der Waals surface area contributed by atoms with Crippen LogP contribution in [0.15, 0.2) is 18.2 Å². The molecular weight excluding hydrogens is 374 g/mol. The number of nitrogens with one attached hydrogen (secondary N) is 2. The minimum atomic E-state index is -0.768. The molecule has 1 aromatic carbocycles. The van der Waals surface area contributed by atoms with Crippen LogP contribution in [-0.4, -0.2) is 55.1 Å². The van der Waals surface area contributed by atoms with E-state index in [0.29, 0.717) is 43.0 Å². The molecule has 2 bridgehead atoms. The summed E-state index contributed by atoms with van der Waals surface area (Å²) in [7, 11) is 1.58. The molecule has 5 aliphatic rings. The summed E-state index contributed by atoms with van der Waals surface area (Å²) in [5, 5.41) is 5.88. The van der Waals surface area contributed by atoms with Crippen LogP contribution in [-0.2, 0) is 9.59 Å². The fraction of sp³-hybridized carbons (Fsp3) is 0.571. The molecule has 29 heavy (non-hydrogen) atoms. The number of benzene rings is 1. The highest BCUT2D eigenvalue weighted by Gasteiger charge is 2.57. The lowest BCUT2D eigenvalue weighted by Gasteiger charge is -2.55. The summed E-state index contributed by atoms with van der Waals surface area (Å²) in [5.41, 5.74) is -0.264. The maximum Gasteiger partial charge on any atom is 0.258 e. The number of carbonyl (C=O) groups is 3. The van der Waals surface area contributed by atoms with Crippen LogP contribution < -0.4 is 20.1 Å². The summed E-state index contributed by atoms with van der Waals surface area (Å²) in [5.74, 6) is 1.08. The molecule has 154 valence electrons. The molecule has 1 spiro atoms. The van der Waals surface area contributed by atoms with Crippen molar-refractivity contribution >= 4 is 17.7 Å². The van der Waals surface area contributed by atoms with E-state index in [9.17, 15) is 14.4 Å². The number of hydrogen-bond donors (Lipinski definition) is 2. The van der Waals surface area contributed by atoms with Gasteiger partial charge in [-0.05, 0) is 37.3 Å². The van der Waals surface area contributed by atoms with Crippen molar-refractivity contribution < 1.29 is 23.9 Å². The van der Waals surface area contributed by atoms with Crippen LogP contribution >= 0.6 is 0 Å². The maximum absolute atomic E-state index is 13.1. The summed E-state index contributed by atoms with van der Waals surface area (Å²) in [6.07, 6.45) is 3.12. The van der Waals surface area contributed by atoms with E-state index >= 15 is 0 Å². The highest BCUT2D eigenvalue weighted by molar-refractivity contribution is 5.98. The lowest BCUT2D eigenvalue weighted by molar-refractivity contribution is -0.158. The second kappa shape index (κ2) is 6.64. The van der Waals surface area contributed by atoms with Crippen LogP contribution in [0.1, 0.15) is 36.0 Å². The first-order valence-corrected chi connectivity index (χ1v) is 10.2. The minimum Gasteiger partial charge on any atom is -0.497 e. The third-order valence-corrected chi connectivity index (χ3v) is 6.94. The van der Waals surface area contributed by atoms with Crippen molar-refractivity contribution in [3.8, 4) is 11.5 Å². The first kappa shape index (κ1) is 18.3. The smallest absolute Gasteiger partial charge is 0.258 e. The van der Waals surface area contributed by atoms with Crippen LogP contribution in [0.25, 0.3) is 0 Å². The number of nitrogens with zero attached hydrogens (tertiary/aromatic N) is 1. The molecule has 2 aliphatic heterocycles. The van der Waals surface area contributed by atoms with Crippen LogP contribution in [0.3, 0.4) is 0 Å². The van der Waals surface area contributed by atoms with Crippen LogP contribution in [0.2, 0.25) is 0 Å². The summed E-state index contributed by atoms with van der Waals surface area (Å²) in [4.78, 5) is 39.3. The van der Waals surface area contributed by atoms with E-state index in [1.54, 1.807) is 30.2 Å². The SMILES string of the molecule is COc1ccc2c(c1)O[C@]1(C[C@H]3CC[C@@H]1C[C@@H]3C(=O)N1CCNC(=O)C1)NC2=O. The van der Waals surface area contributed by atoms with Gasteiger partial charge < -0.3 is 25.0 Å². The molecule has 0 radical (unpaired) electrons. The molecule has 0 unspecified atom stereocenters. The normalized spacial score (nSPS) is 32.9. The van der Waals surface area contributed by atoms with Crippen molar-refractivity contribution in [1.82, 2.24) is 15.5 Å². The van der Waals surface area contributed by atoms with Gasteiger partial charge in [0.2, 0.25) is 11.8 Å². The fourth-order valence-corrected chi connectivity index (χ4v) is 5.48. The molecule has 4 fully saturated rings. The van der Waals surface area contributed by atoms with E-state index in [-0.39, 0.29) is 42.0 Å². The van der Waals surface area contributed by atoms with E-state index in [4.69, 9.17) is 9.47 Å². The quantitative estimate of drug-likeness (QED) is 0.771. The molecule has 1 aromatic rings. The molecule has 0 aromatic heterocycles. The van der Waals surface area contributed by atoms with Gasteiger partial charge in [-0.15, -0.1) is 0 Å². The first-order chi connectivity index (χ1) is 14.0. The lowest BCUT2D eigenvalue weighted by Crippen LogP contribution is -2.67. The topological polar surface area (TPSA) is 97.0 Å². The molecule has 3 amide bonds. The van der Waals surface area contributed by atoms with Crippen molar-refractivity contribution in [2.24, 2.45) is 17.8 Å². The van der Waals surface area contributed by atoms with Gasteiger partial charge in [0.25, 0.3) is 5.91 Å². The standard InChI is InChI=1S/C21H25N3O5/c1-28-14-4-5-15-17(9-14)29-21(23-19(15)26)10-12-2-3-13(21)8-16(12)20(27)24-7-6-22-18(25)11-24/h4-5,9,12-13,16H,2-3,6-8,10-11H2,1H3,(H,22,25)(H,23,26)/t12-,13-,16+,21+/m1/s1. The Morgan fingerprint density at radius 2 is 2.17 bits per heavy atom. The number of fused-ring (bicyclic) bond motifs is 3. The van der Waals surface area contributed by atoms with E-state index in [2.05, 4.69) is 10.6 Å². The minimum absolute atomic E-state index is 0.0587. The number of rotatable bonds is 2. The monoisotopic (exact) mass is 399 g/mol. The van der Waals surface area contributed by atoms with Crippen molar-refractivity contribution in [2.75, 3.05) is 26.7 Å². The molecule has 6 rings (SSSR count). The number of hydrogen-bond acceptors (Lipinski definition) is 5. The third kappa shape index (κ3) is 2.92. The van der Waals surface area contributed by atoms with Gasteiger partial charge in [-0.1, -0.05) is 0 Å². The van der Waals surface area contributed by atoms with E-state index in [0.717, 1.165) is 12.8 Å². The largest absolute Gasteiger partial charge is 0.497 e. The molecule has 8 heteroatoms. The molecule has 4 atom stereocenters. The van der Waals surface area contributed by atoms with Gasteiger partial charge in [0.15, 0.2) is 5.72 Å². The summed E-state index contributed by atoms with van der Waals surface area (Å²) in [6.45, 7) is 1.20. The van der Waals surface area contributed by atoms with Crippen molar-refractivity contribution in [3.05, 3.63) is 23.8 Å². The Morgan fingerprint density at radius 1 is 1.31 bits per heavy atom. The van der Waals surface area contributed by atoms with Gasteiger partial charge >= 0.3 is 0 Å². The van der Waals surface area contributed by atoms with E-state index in [1.807, 2.05) is 0 Å². The average molecular weight is 399 g/mol. The Morgan fingerprint density at radius 3 is 2.90 bits per heavy atom. The van der Waals surface area contributed by atoms with Gasteiger partial charge in [-0.3, -0.25) is 14.4 Å². The molecule has 3 saturated carbocycles. The van der Waals surface area contributed by atoms with Gasteiger partial charge in [0, 0.05) is 37.4 Å². The van der Waals surface area contributed by atoms with Crippen LogP contribution in [0.4, 0.5) is 0 Å². The van der Waals surface area contributed by atoms with E-state index in [1.165, 1.54) is 0 Å². The van der Waals surface area contributed by atoms with Gasteiger partial charge in [0.1, 0.15) is 11.5 Å². The number of piperazine rings is 1. The Bertz CT molecular complexity index is 887. The molecule has 3 aliphatic carbocycles. The number of carbonyl (C=O) groups excluding carboxylic acids is 3. The summed E-state index contributed by atoms with van der Waals surface area (Å²) < 4.78 is 11.7. The second-order valence-corrected chi connectivity index (χ2v) is 8.50. The van der Waals surface area contributed by atoms with Crippen molar-refractivity contribution in [1.29, 1.82) is 0 Å². The fourth-order valence-electron chi connectivity index (χ4n) is 5.48. The zero-order valence-electron chi connectivity index (χ0n) is 16.4. The molecule has 2 heterocycles. The van der Waals surface area contributed by atoms with Crippen LogP contribution in [0.5, 0.6) is 11.5 Å². The Hall–Kier alpha value is -2.77. The first-order valence-electron chi connectivity index (χ1n) is 10.2. The van der Waals surface area contributed by atoms with Crippen LogP contribution in [0, 0.1) is 17.8 Å². The third-order valence-electron chi connectivity index (χ3n) is 6.94. The molecule has 8 nitrogen and oxygen atoms in total.